The van der Waals surface area contributed by atoms with Gasteiger partial charge in [-0.3, -0.25) is 0 Å². The van der Waals surface area contributed by atoms with Crippen molar-refractivity contribution in [2.45, 2.75) is 27.1 Å². The molecule has 0 spiro atoms. The van der Waals surface area contributed by atoms with Gasteiger partial charge in [-0.2, -0.15) is 5.26 Å². The first-order valence-corrected chi connectivity index (χ1v) is 7.44. The molecule has 1 aromatic rings. The van der Waals surface area contributed by atoms with Crippen molar-refractivity contribution in [1.82, 2.24) is 5.32 Å². The molecule has 0 amide bonds. The number of aromatic carboxylic acids is 1. The van der Waals surface area contributed by atoms with Crippen LogP contribution < -0.4 is 5.32 Å². The number of benzene rings is 1. The van der Waals surface area contributed by atoms with Crippen LogP contribution in [0.2, 0.25) is 0 Å². The largest absolute Gasteiger partial charge is 0.478 e. The summed E-state index contributed by atoms with van der Waals surface area (Å²) in [7, 11) is 0. The Morgan fingerprint density at radius 2 is 2.04 bits per heavy atom. The second-order valence-electron chi connectivity index (χ2n) is 4.74. The summed E-state index contributed by atoms with van der Waals surface area (Å²) in [5, 5.41) is 21.1. The molecule has 124 valence electrons. The molecule has 23 heavy (non-hydrogen) atoms. The summed E-state index contributed by atoms with van der Waals surface area (Å²) in [6, 6.07) is 6.77. The molecule has 0 unspecified atom stereocenters. The maximum absolute atomic E-state index is 11.0. The normalized spacial score (nSPS) is 11.3. The van der Waals surface area contributed by atoms with E-state index in [1.165, 1.54) is 12.1 Å². The second kappa shape index (κ2) is 9.62. The minimum absolute atomic E-state index is 0.212. The van der Waals surface area contributed by atoms with Crippen LogP contribution in [0.3, 0.4) is 0 Å². The number of rotatable bonds is 9. The minimum Gasteiger partial charge on any atom is -0.478 e. The van der Waals surface area contributed by atoms with E-state index < -0.39 is 12.3 Å². The van der Waals surface area contributed by atoms with E-state index in [1.54, 1.807) is 19.1 Å². The molecule has 0 fully saturated rings. The number of nitrogens with zero attached hydrogens (tertiary/aromatic N) is 1. The van der Waals surface area contributed by atoms with Crippen LogP contribution in [0.25, 0.3) is 5.70 Å². The molecule has 2 N–H and O–H groups in total. The van der Waals surface area contributed by atoms with Gasteiger partial charge in [0.15, 0.2) is 6.29 Å². The molecule has 0 aromatic heterocycles. The van der Waals surface area contributed by atoms with E-state index in [-0.39, 0.29) is 5.56 Å². The van der Waals surface area contributed by atoms with E-state index in [2.05, 4.69) is 5.32 Å². The molecular weight excluding hydrogens is 296 g/mol. The fourth-order valence-corrected chi connectivity index (χ4v) is 2.12. The fourth-order valence-electron chi connectivity index (χ4n) is 2.12. The summed E-state index contributed by atoms with van der Waals surface area (Å²) in [5.74, 6) is -0.980. The van der Waals surface area contributed by atoms with E-state index in [9.17, 15) is 4.79 Å². The highest BCUT2D eigenvalue weighted by Crippen LogP contribution is 2.18. The third-order valence-electron chi connectivity index (χ3n) is 3.14. The average molecular weight is 318 g/mol. The summed E-state index contributed by atoms with van der Waals surface area (Å²) in [5.41, 5.74) is 2.35. The Hall–Kier alpha value is -2.36. The van der Waals surface area contributed by atoms with E-state index in [4.69, 9.17) is 19.8 Å². The lowest BCUT2D eigenvalue weighted by molar-refractivity contribution is -0.131. The fraction of sp³-hybridized carbons (Fsp3) is 0.412. The molecule has 0 aliphatic rings. The Bertz CT molecular complexity index is 599. The van der Waals surface area contributed by atoms with Gasteiger partial charge in [0.2, 0.25) is 0 Å². The van der Waals surface area contributed by atoms with E-state index in [0.29, 0.717) is 25.5 Å². The third-order valence-corrected chi connectivity index (χ3v) is 3.14. The van der Waals surface area contributed by atoms with Gasteiger partial charge in [0, 0.05) is 24.9 Å². The van der Waals surface area contributed by atoms with Crippen LogP contribution in [0.1, 0.15) is 35.3 Å². The number of carboxylic acids is 1. The Morgan fingerprint density at radius 3 is 2.52 bits per heavy atom. The number of aryl methyl sites for hydroxylation is 1. The van der Waals surface area contributed by atoms with Gasteiger partial charge in [0.25, 0.3) is 0 Å². The molecule has 0 atom stereocenters. The molecule has 6 nitrogen and oxygen atoms in total. The zero-order chi connectivity index (χ0) is 17.2. The Kier molecular flexibility index (Phi) is 7.81. The predicted molar refractivity (Wildman–Crippen MR) is 86.8 cm³/mol. The highest BCUT2D eigenvalue weighted by Gasteiger charge is 2.12. The molecule has 1 aromatic carbocycles. The zero-order valence-corrected chi connectivity index (χ0v) is 13.6. The van der Waals surface area contributed by atoms with Gasteiger partial charge in [0.05, 0.1) is 23.9 Å². The summed E-state index contributed by atoms with van der Waals surface area (Å²) in [4.78, 5) is 11.0. The monoisotopic (exact) mass is 318 g/mol. The van der Waals surface area contributed by atoms with E-state index >= 15 is 0 Å². The number of carboxylic acid groups (broad SMARTS) is 1. The van der Waals surface area contributed by atoms with Crippen LogP contribution in [0.4, 0.5) is 0 Å². The highest BCUT2D eigenvalue weighted by atomic mass is 16.7. The lowest BCUT2D eigenvalue weighted by atomic mass is 10.0. The number of nitrogens with one attached hydrogen (secondary N) is 1. The Labute approximate surface area is 136 Å². The zero-order valence-electron chi connectivity index (χ0n) is 13.6. The van der Waals surface area contributed by atoms with Crippen LogP contribution in [-0.4, -0.2) is 37.1 Å². The van der Waals surface area contributed by atoms with Gasteiger partial charge in [-0.05, 0) is 38.5 Å². The molecular formula is C17H22N2O4. The smallest absolute Gasteiger partial charge is 0.335 e. The summed E-state index contributed by atoms with van der Waals surface area (Å²) >= 11 is 0. The molecule has 0 saturated heterocycles. The lowest BCUT2D eigenvalue weighted by Crippen LogP contribution is -2.31. The molecule has 0 heterocycles. The quantitative estimate of drug-likeness (QED) is 0.537. The Morgan fingerprint density at radius 1 is 1.39 bits per heavy atom. The van der Waals surface area contributed by atoms with Crippen molar-refractivity contribution < 1.29 is 19.4 Å². The van der Waals surface area contributed by atoms with Crippen LogP contribution in [-0.2, 0) is 9.47 Å². The van der Waals surface area contributed by atoms with Gasteiger partial charge in [-0.1, -0.05) is 6.07 Å². The lowest BCUT2D eigenvalue weighted by Gasteiger charge is -2.20. The topological polar surface area (TPSA) is 91.6 Å². The van der Waals surface area contributed by atoms with Crippen molar-refractivity contribution in [1.29, 1.82) is 5.26 Å². The standard InChI is InChI=1S/C17H22N2O4/c1-4-22-16(23-5-2)11-19-15(8-9-18)14-7-6-13(17(20)21)10-12(14)3/h6-8,10,16,19H,4-5,11H2,1-3H3,(H,20,21). The maximum Gasteiger partial charge on any atom is 0.335 e. The van der Waals surface area contributed by atoms with Gasteiger partial charge >= 0.3 is 5.97 Å². The van der Waals surface area contributed by atoms with Crippen LogP contribution in [0, 0.1) is 18.3 Å². The van der Waals surface area contributed by atoms with Crippen LogP contribution >= 0.6 is 0 Å². The first-order chi connectivity index (χ1) is 11.0. The molecule has 1 rings (SSSR count). The number of allylic oxidation sites excluding steroid dienone is 1. The van der Waals surface area contributed by atoms with Gasteiger partial charge in [-0.25, -0.2) is 4.79 Å². The molecule has 0 aliphatic heterocycles. The average Bonchev–Trinajstić information content (AvgIpc) is 2.51. The van der Waals surface area contributed by atoms with Crippen molar-refractivity contribution in [3.63, 3.8) is 0 Å². The van der Waals surface area contributed by atoms with Crippen molar-refractivity contribution in [3.05, 3.63) is 41.0 Å². The molecule has 0 saturated carbocycles. The SMILES string of the molecule is CCOC(CNC(=CC#N)c1ccc(C(=O)O)cc1C)OCC. The summed E-state index contributed by atoms with van der Waals surface area (Å²) in [6.45, 7) is 7.00. The number of nitriles is 1. The first-order valence-electron chi connectivity index (χ1n) is 7.44. The second-order valence-corrected chi connectivity index (χ2v) is 4.74. The van der Waals surface area contributed by atoms with Crippen molar-refractivity contribution >= 4 is 11.7 Å². The van der Waals surface area contributed by atoms with Crippen molar-refractivity contribution in [2.24, 2.45) is 0 Å². The molecule has 6 heteroatoms. The number of ether oxygens (including phenoxy) is 2. The summed E-state index contributed by atoms with van der Waals surface area (Å²) < 4.78 is 10.9. The highest BCUT2D eigenvalue weighted by molar-refractivity contribution is 5.88. The first kappa shape index (κ1) is 18.7. The molecule has 0 radical (unpaired) electrons. The molecule has 0 bridgehead atoms. The number of hydrogen-bond acceptors (Lipinski definition) is 5. The Balaban J connectivity index is 2.93. The van der Waals surface area contributed by atoms with Crippen molar-refractivity contribution in [3.8, 4) is 6.07 Å². The van der Waals surface area contributed by atoms with Gasteiger partial charge < -0.3 is 19.9 Å². The van der Waals surface area contributed by atoms with Crippen molar-refractivity contribution in [2.75, 3.05) is 19.8 Å². The number of carbonyl (C=O) groups is 1. The van der Waals surface area contributed by atoms with Gasteiger partial charge in [0.1, 0.15) is 0 Å². The van der Waals surface area contributed by atoms with E-state index in [1.807, 2.05) is 19.9 Å². The predicted octanol–water partition coefficient (Wildman–Crippen LogP) is 2.55. The van der Waals surface area contributed by atoms with Crippen LogP contribution in [0.15, 0.2) is 24.3 Å². The van der Waals surface area contributed by atoms with Crippen LogP contribution in [0.5, 0.6) is 0 Å². The third kappa shape index (κ3) is 5.74. The van der Waals surface area contributed by atoms with E-state index in [0.717, 1.165) is 11.1 Å². The van der Waals surface area contributed by atoms with Gasteiger partial charge in [-0.15, -0.1) is 0 Å². The number of hydrogen-bond donors (Lipinski definition) is 2. The minimum atomic E-state index is -0.980. The summed E-state index contributed by atoms with van der Waals surface area (Å²) in [6.07, 6.45) is 0.975. The maximum atomic E-state index is 11.0. The molecule has 0 aliphatic carbocycles.